The van der Waals surface area contributed by atoms with Crippen LogP contribution in [0.3, 0.4) is 0 Å². The van der Waals surface area contributed by atoms with Gasteiger partial charge in [0.05, 0.1) is 12.3 Å². The molecule has 0 aliphatic carbocycles. The highest BCUT2D eigenvalue weighted by Gasteiger charge is 2.11. The number of aromatic nitrogens is 3. The van der Waals surface area contributed by atoms with Crippen LogP contribution >= 0.6 is 0 Å². The van der Waals surface area contributed by atoms with Crippen molar-refractivity contribution < 1.29 is 4.74 Å². The number of methoxy groups -OCH3 is 1. The van der Waals surface area contributed by atoms with Gasteiger partial charge in [0.2, 0.25) is 0 Å². The summed E-state index contributed by atoms with van der Waals surface area (Å²) in [6.07, 6.45) is 3.60. The summed E-state index contributed by atoms with van der Waals surface area (Å²) in [4.78, 5) is 0. The normalized spacial score (nSPS) is 10.9. The number of nitrogens with zero attached hydrogens (tertiary/aromatic N) is 3. The third-order valence-electron chi connectivity index (χ3n) is 2.52. The van der Waals surface area contributed by atoms with Crippen molar-refractivity contribution in [2.75, 3.05) is 14.2 Å². The first-order valence-electron chi connectivity index (χ1n) is 5.88. The summed E-state index contributed by atoms with van der Waals surface area (Å²) < 4.78 is 7.16. The van der Waals surface area contributed by atoms with E-state index >= 15 is 0 Å². The van der Waals surface area contributed by atoms with E-state index < -0.39 is 0 Å². The lowest BCUT2D eigenvalue weighted by Crippen LogP contribution is -2.11. The lowest BCUT2D eigenvalue weighted by Gasteiger charge is -2.06. The van der Waals surface area contributed by atoms with Gasteiger partial charge in [0.1, 0.15) is 5.69 Å². The third kappa shape index (κ3) is 3.57. The predicted octanol–water partition coefficient (Wildman–Crippen LogP) is 1.33. The van der Waals surface area contributed by atoms with E-state index in [-0.39, 0.29) is 0 Å². The molecular formula is C11H22N4O. The van der Waals surface area contributed by atoms with Crippen molar-refractivity contribution in [2.45, 2.75) is 45.9 Å². The van der Waals surface area contributed by atoms with E-state index in [9.17, 15) is 0 Å². The number of aryl methyl sites for hydroxylation is 1. The van der Waals surface area contributed by atoms with Gasteiger partial charge in [-0.3, -0.25) is 0 Å². The molecule has 0 aliphatic rings. The third-order valence-corrected chi connectivity index (χ3v) is 2.52. The lowest BCUT2D eigenvalue weighted by molar-refractivity contribution is 0.175. The van der Waals surface area contributed by atoms with Crippen LogP contribution in [0.2, 0.25) is 0 Å². The van der Waals surface area contributed by atoms with E-state index in [1.54, 1.807) is 7.11 Å². The Morgan fingerprint density at radius 2 is 2.19 bits per heavy atom. The molecule has 1 aromatic rings. The second-order valence-electron chi connectivity index (χ2n) is 3.88. The van der Waals surface area contributed by atoms with Crippen LogP contribution in [0.15, 0.2) is 0 Å². The van der Waals surface area contributed by atoms with Gasteiger partial charge in [-0.15, -0.1) is 5.10 Å². The van der Waals surface area contributed by atoms with Crippen LogP contribution in [-0.4, -0.2) is 29.2 Å². The molecule has 1 N–H and O–H groups in total. The minimum atomic E-state index is 0.580. The summed E-state index contributed by atoms with van der Waals surface area (Å²) in [5.41, 5.74) is 2.08. The van der Waals surface area contributed by atoms with Crippen molar-refractivity contribution in [3.8, 4) is 0 Å². The first kappa shape index (κ1) is 13.1. The number of nitrogens with one attached hydrogen (secondary N) is 1. The fourth-order valence-electron chi connectivity index (χ4n) is 1.66. The van der Waals surface area contributed by atoms with Crippen LogP contribution in [0, 0.1) is 0 Å². The predicted molar refractivity (Wildman–Crippen MR) is 63.0 cm³/mol. The Labute approximate surface area is 97.2 Å². The number of hydrogen-bond donors (Lipinski definition) is 1. The van der Waals surface area contributed by atoms with Crippen LogP contribution in [-0.2, 0) is 24.4 Å². The van der Waals surface area contributed by atoms with Crippen molar-refractivity contribution in [1.29, 1.82) is 0 Å². The van der Waals surface area contributed by atoms with Gasteiger partial charge in [0.25, 0.3) is 0 Å². The van der Waals surface area contributed by atoms with Gasteiger partial charge < -0.3 is 10.1 Å². The Bertz CT molecular complexity index is 298. The van der Waals surface area contributed by atoms with Crippen molar-refractivity contribution in [3.05, 3.63) is 11.4 Å². The maximum Gasteiger partial charge on any atom is 0.102 e. The van der Waals surface area contributed by atoms with Crippen LogP contribution in [0.25, 0.3) is 0 Å². The van der Waals surface area contributed by atoms with Crippen molar-refractivity contribution in [1.82, 2.24) is 20.3 Å². The van der Waals surface area contributed by atoms with E-state index in [0.717, 1.165) is 30.9 Å². The molecule has 0 unspecified atom stereocenters. The minimum absolute atomic E-state index is 0.580. The average Bonchev–Trinajstić information content (AvgIpc) is 2.64. The summed E-state index contributed by atoms with van der Waals surface area (Å²) in [6, 6.07) is 0. The summed E-state index contributed by atoms with van der Waals surface area (Å²) in [7, 11) is 3.61. The molecule has 0 saturated carbocycles. The van der Waals surface area contributed by atoms with Gasteiger partial charge in [-0.25, -0.2) is 4.68 Å². The average molecular weight is 226 g/mol. The van der Waals surface area contributed by atoms with E-state index in [1.165, 1.54) is 12.8 Å². The van der Waals surface area contributed by atoms with Crippen molar-refractivity contribution in [3.63, 3.8) is 0 Å². The van der Waals surface area contributed by atoms with E-state index in [4.69, 9.17) is 4.74 Å². The molecule has 0 aromatic carbocycles. The smallest absolute Gasteiger partial charge is 0.102 e. The molecular weight excluding hydrogens is 204 g/mol. The molecule has 1 aromatic heterocycles. The molecule has 1 rings (SSSR count). The SMILES string of the molecule is CCCCCn1nnc(CNC)c1COC. The van der Waals surface area contributed by atoms with Crippen LogP contribution in [0.5, 0.6) is 0 Å². The highest BCUT2D eigenvalue weighted by atomic mass is 16.5. The van der Waals surface area contributed by atoms with Crippen LogP contribution < -0.4 is 5.32 Å². The zero-order valence-corrected chi connectivity index (χ0v) is 10.5. The number of ether oxygens (including phenoxy) is 1. The maximum absolute atomic E-state index is 5.19. The van der Waals surface area contributed by atoms with Gasteiger partial charge in [0.15, 0.2) is 0 Å². The zero-order chi connectivity index (χ0) is 11.8. The number of rotatable bonds is 8. The molecule has 0 spiro atoms. The van der Waals surface area contributed by atoms with E-state index in [0.29, 0.717) is 6.61 Å². The summed E-state index contributed by atoms with van der Waals surface area (Å²) in [6.45, 7) is 4.45. The molecule has 5 nitrogen and oxygen atoms in total. The Hall–Kier alpha value is -0.940. The Morgan fingerprint density at radius 3 is 2.81 bits per heavy atom. The molecule has 0 amide bonds. The molecule has 0 saturated heterocycles. The van der Waals surface area contributed by atoms with Gasteiger partial charge >= 0.3 is 0 Å². The second kappa shape index (κ2) is 7.35. The molecule has 0 atom stereocenters. The van der Waals surface area contributed by atoms with Crippen LogP contribution in [0.4, 0.5) is 0 Å². The molecule has 0 aliphatic heterocycles. The highest BCUT2D eigenvalue weighted by Crippen LogP contribution is 2.08. The maximum atomic E-state index is 5.19. The fraction of sp³-hybridized carbons (Fsp3) is 0.818. The summed E-state index contributed by atoms with van der Waals surface area (Å²) in [5.74, 6) is 0. The van der Waals surface area contributed by atoms with Gasteiger partial charge in [-0.1, -0.05) is 25.0 Å². The number of unbranched alkanes of at least 4 members (excludes halogenated alkanes) is 2. The Kier molecular flexibility index (Phi) is 6.03. The topological polar surface area (TPSA) is 52.0 Å². The van der Waals surface area contributed by atoms with E-state index in [1.807, 2.05) is 11.7 Å². The van der Waals surface area contributed by atoms with Crippen molar-refractivity contribution >= 4 is 0 Å². The standard InChI is InChI=1S/C11H22N4O/c1-4-5-6-7-15-11(9-16-3)10(8-12-2)13-14-15/h12H,4-9H2,1-3H3. The first-order chi connectivity index (χ1) is 7.83. The van der Waals surface area contributed by atoms with E-state index in [2.05, 4.69) is 22.6 Å². The van der Waals surface area contributed by atoms with Gasteiger partial charge in [0, 0.05) is 20.2 Å². The monoisotopic (exact) mass is 226 g/mol. The minimum Gasteiger partial charge on any atom is -0.378 e. The first-order valence-corrected chi connectivity index (χ1v) is 5.88. The molecule has 0 fully saturated rings. The molecule has 92 valence electrons. The molecule has 16 heavy (non-hydrogen) atoms. The lowest BCUT2D eigenvalue weighted by atomic mass is 10.2. The molecule has 0 bridgehead atoms. The van der Waals surface area contributed by atoms with Crippen LogP contribution in [0.1, 0.15) is 37.6 Å². The quantitative estimate of drug-likeness (QED) is 0.680. The largest absolute Gasteiger partial charge is 0.378 e. The second-order valence-corrected chi connectivity index (χ2v) is 3.88. The Balaban J connectivity index is 2.66. The highest BCUT2D eigenvalue weighted by molar-refractivity contribution is 5.08. The zero-order valence-electron chi connectivity index (χ0n) is 10.5. The fourth-order valence-corrected chi connectivity index (χ4v) is 1.66. The molecule has 1 heterocycles. The molecule has 0 radical (unpaired) electrons. The van der Waals surface area contributed by atoms with Gasteiger partial charge in [-0.05, 0) is 13.5 Å². The van der Waals surface area contributed by atoms with Gasteiger partial charge in [-0.2, -0.15) is 0 Å². The summed E-state index contributed by atoms with van der Waals surface area (Å²) >= 11 is 0. The van der Waals surface area contributed by atoms with Crippen molar-refractivity contribution in [2.24, 2.45) is 0 Å². The number of hydrogen-bond acceptors (Lipinski definition) is 4. The summed E-state index contributed by atoms with van der Waals surface area (Å²) in [5, 5.41) is 11.4. The Morgan fingerprint density at radius 1 is 1.38 bits per heavy atom. The molecule has 5 heteroatoms.